The van der Waals surface area contributed by atoms with Gasteiger partial charge in [-0.25, -0.2) is 4.79 Å². The Labute approximate surface area is 186 Å². The number of carboxylic acids is 1. The smallest absolute Gasteiger partial charge is 0.364 e. The molecule has 112 valence electrons. The first-order chi connectivity index (χ1) is 8.23. The van der Waals surface area contributed by atoms with Gasteiger partial charge >= 0.3 is 5.97 Å². The van der Waals surface area contributed by atoms with Crippen LogP contribution in [0.25, 0.3) is 5.73 Å². The molecule has 0 aliphatic carbocycles. The minimum atomic E-state index is -2.74. The number of rotatable bonds is 4. The van der Waals surface area contributed by atoms with E-state index in [1.165, 1.54) is 0 Å². The van der Waals surface area contributed by atoms with Crippen LogP contribution in [-0.2, 0) is 9.53 Å². The number of carboxylic acid groups (broad SMARTS) is 1. The van der Waals surface area contributed by atoms with Crippen LogP contribution in [0.2, 0.25) is 0 Å². The molecule has 9 nitrogen and oxygen atoms in total. The minimum Gasteiger partial charge on any atom is -0.670 e. The molecule has 1 rings (SSSR count). The fourth-order valence-electron chi connectivity index (χ4n) is 1.72. The SMILES string of the molecule is [Ac].[Ac].[NH-]C1C(O)CC(O)(C(=O)O)OC1C(O)C(O)CO. The number of ether oxygens (including phenoxy) is 1. The van der Waals surface area contributed by atoms with E-state index >= 15 is 0 Å². The van der Waals surface area contributed by atoms with Gasteiger partial charge in [-0.2, -0.15) is 0 Å². The Kier molecular flexibility index (Phi) is 12.2. The van der Waals surface area contributed by atoms with Crippen LogP contribution in [0.5, 0.6) is 0 Å². The van der Waals surface area contributed by atoms with Crippen molar-refractivity contribution in [1.82, 2.24) is 0 Å². The van der Waals surface area contributed by atoms with Gasteiger partial charge < -0.3 is 41.1 Å². The van der Waals surface area contributed by atoms with Crippen LogP contribution in [0, 0.1) is 88.1 Å². The Morgan fingerprint density at radius 2 is 1.90 bits per heavy atom. The van der Waals surface area contributed by atoms with E-state index in [0.717, 1.165) is 0 Å². The molecule has 11 heteroatoms. The topological polar surface area (TPSA) is 171 Å². The summed E-state index contributed by atoms with van der Waals surface area (Å²) in [7, 11) is 0. The second kappa shape index (κ2) is 10.0. The van der Waals surface area contributed by atoms with Crippen LogP contribution >= 0.6 is 0 Å². The van der Waals surface area contributed by atoms with Gasteiger partial charge in [-0.3, -0.25) is 0 Å². The summed E-state index contributed by atoms with van der Waals surface area (Å²) in [5.74, 6) is -4.51. The maximum atomic E-state index is 10.8. The average molecular weight is 720 g/mol. The molecule has 1 fully saturated rings. The van der Waals surface area contributed by atoms with E-state index in [4.69, 9.17) is 20.7 Å². The van der Waals surface area contributed by atoms with Crippen molar-refractivity contribution < 1.29 is 128 Å². The molecule has 0 aromatic heterocycles. The maximum absolute atomic E-state index is 10.8. The van der Waals surface area contributed by atoms with Gasteiger partial charge in [0.15, 0.2) is 0 Å². The zero-order valence-electron chi connectivity index (χ0n) is 10.5. The molecule has 7 N–H and O–H groups in total. The molecular weight excluding hydrogens is 704 g/mol. The van der Waals surface area contributed by atoms with Crippen LogP contribution in [0.4, 0.5) is 0 Å². The number of aliphatic carboxylic acids is 1. The third-order valence-corrected chi connectivity index (χ3v) is 2.84. The molecule has 20 heavy (non-hydrogen) atoms. The summed E-state index contributed by atoms with van der Waals surface area (Å²) in [6.07, 6.45) is -7.40. The monoisotopic (exact) mass is 720 g/mol. The maximum Gasteiger partial charge on any atom is 0.364 e. The third kappa shape index (κ3) is 5.61. The van der Waals surface area contributed by atoms with Crippen molar-refractivity contribution in [3.05, 3.63) is 5.73 Å². The molecule has 0 aromatic rings. The molecular formula is C9H16Ac2NO8-. The fraction of sp³-hybridized carbons (Fsp3) is 0.889. The van der Waals surface area contributed by atoms with E-state index in [-0.39, 0.29) is 88.1 Å². The Morgan fingerprint density at radius 1 is 1.40 bits per heavy atom. The summed E-state index contributed by atoms with van der Waals surface area (Å²) in [5.41, 5.74) is 7.52. The first kappa shape index (κ1) is 24.3. The van der Waals surface area contributed by atoms with Gasteiger partial charge in [-0.1, -0.05) is 6.04 Å². The Morgan fingerprint density at radius 3 is 2.30 bits per heavy atom. The van der Waals surface area contributed by atoms with Crippen molar-refractivity contribution in [3.8, 4) is 0 Å². The zero-order chi connectivity index (χ0) is 14.1. The average Bonchev–Trinajstić information content (AvgIpc) is 2.31. The molecule has 6 unspecified atom stereocenters. The molecule has 2 radical (unpaired) electrons. The second-order valence-corrected chi connectivity index (χ2v) is 4.21. The van der Waals surface area contributed by atoms with Crippen LogP contribution < -0.4 is 0 Å². The van der Waals surface area contributed by atoms with Crippen LogP contribution in [0.15, 0.2) is 0 Å². The van der Waals surface area contributed by atoms with Crippen LogP contribution in [-0.4, -0.2) is 79.5 Å². The predicted molar refractivity (Wildman–Crippen MR) is 55.3 cm³/mol. The summed E-state index contributed by atoms with van der Waals surface area (Å²) in [4.78, 5) is 10.8. The summed E-state index contributed by atoms with van der Waals surface area (Å²) >= 11 is 0. The van der Waals surface area contributed by atoms with Crippen molar-refractivity contribution in [2.75, 3.05) is 6.61 Å². The van der Waals surface area contributed by atoms with Gasteiger partial charge in [-0.15, -0.1) is 0 Å². The number of hydrogen-bond acceptors (Lipinski definition) is 7. The Hall–Kier alpha value is 2.07. The van der Waals surface area contributed by atoms with Gasteiger partial charge in [-0.05, 0) is 0 Å². The van der Waals surface area contributed by atoms with Gasteiger partial charge in [0, 0.05) is 101 Å². The minimum absolute atomic E-state index is 0. The number of aliphatic hydroxyl groups is 5. The van der Waals surface area contributed by atoms with E-state index in [9.17, 15) is 25.2 Å². The molecule has 0 spiro atoms. The molecule has 6 atom stereocenters. The number of carbonyl (C=O) groups is 1. The number of hydrogen-bond donors (Lipinski definition) is 6. The largest absolute Gasteiger partial charge is 0.670 e. The van der Waals surface area contributed by atoms with Crippen molar-refractivity contribution in [2.24, 2.45) is 0 Å². The summed E-state index contributed by atoms with van der Waals surface area (Å²) in [6.45, 7) is -0.838. The van der Waals surface area contributed by atoms with Crippen molar-refractivity contribution in [3.63, 3.8) is 0 Å². The molecule has 0 saturated carbocycles. The quantitative estimate of drug-likeness (QED) is 0.179. The van der Waals surface area contributed by atoms with E-state index in [0.29, 0.717) is 0 Å². The second-order valence-electron chi connectivity index (χ2n) is 4.21. The van der Waals surface area contributed by atoms with E-state index in [2.05, 4.69) is 0 Å². The fourth-order valence-corrected chi connectivity index (χ4v) is 1.72. The molecule has 1 aliphatic heterocycles. The normalized spacial score (nSPS) is 36.2. The van der Waals surface area contributed by atoms with Crippen molar-refractivity contribution >= 4 is 5.97 Å². The first-order valence-corrected chi connectivity index (χ1v) is 5.22. The van der Waals surface area contributed by atoms with Gasteiger partial charge in [0.2, 0.25) is 0 Å². The molecule has 1 heterocycles. The number of aliphatic hydroxyl groups excluding tert-OH is 4. The first-order valence-electron chi connectivity index (χ1n) is 5.22. The van der Waals surface area contributed by atoms with Gasteiger partial charge in [0.25, 0.3) is 5.79 Å². The van der Waals surface area contributed by atoms with Gasteiger partial charge in [0.1, 0.15) is 12.2 Å². The molecule has 1 aliphatic rings. The summed E-state index contributed by atoms with van der Waals surface area (Å²) < 4.78 is 4.69. The van der Waals surface area contributed by atoms with Crippen molar-refractivity contribution in [1.29, 1.82) is 0 Å². The molecule has 1 saturated heterocycles. The van der Waals surface area contributed by atoms with E-state index in [1.54, 1.807) is 0 Å². The zero-order valence-corrected chi connectivity index (χ0v) is 19.9. The standard InChI is InChI=1S/C9H16NO8.2Ac/c10-5-3(12)1-9(17,8(15)16)18-7(5)6(14)4(13)2-11;;/h3-7,10-14,17H,1-2H2,(H,15,16);;/q-1;;. The Balaban J connectivity index is 0. The molecule has 0 amide bonds. The van der Waals surface area contributed by atoms with E-state index in [1.807, 2.05) is 0 Å². The predicted octanol–water partition coefficient (Wildman–Crippen LogP) is -2.96. The Bertz CT molecular complexity index is 322. The number of nitrogens with one attached hydrogen (secondary N) is 1. The van der Waals surface area contributed by atoms with Crippen LogP contribution in [0.1, 0.15) is 6.42 Å². The van der Waals surface area contributed by atoms with Gasteiger partial charge in [0.05, 0.1) is 12.7 Å². The van der Waals surface area contributed by atoms with Crippen molar-refractivity contribution in [2.45, 2.75) is 42.7 Å². The summed E-state index contributed by atoms with van der Waals surface area (Å²) in [6, 6.07) is -1.46. The van der Waals surface area contributed by atoms with E-state index < -0.39 is 55.2 Å². The third-order valence-electron chi connectivity index (χ3n) is 2.84. The molecule has 0 aromatic carbocycles. The molecule has 0 bridgehead atoms. The summed E-state index contributed by atoms with van der Waals surface area (Å²) in [5, 5.41) is 55.3. The van der Waals surface area contributed by atoms with Crippen LogP contribution in [0.3, 0.4) is 0 Å².